The smallest absolute Gasteiger partial charge is 0.230 e. The molecule has 0 aliphatic heterocycles. The number of hydrogen-bond acceptors (Lipinski definition) is 4. The lowest BCUT2D eigenvalue weighted by atomic mass is 10.1. The van der Waals surface area contributed by atoms with Crippen LogP contribution in [0.4, 0.5) is 5.13 Å². The van der Waals surface area contributed by atoms with Crippen molar-refractivity contribution in [3.63, 3.8) is 0 Å². The van der Waals surface area contributed by atoms with Crippen LogP contribution < -0.4 is 5.32 Å². The van der Waals surface area contributed by atoms with Crippen LogP contribution in [0.3, 0.4) is 0 Å². The molecule has 0 aliphatic carbocycles. The summed E-state index contributed by atoms with van der Waals surface area (Å²) in [7, 11) is 0. The predicted octanol–water partition coefficient (Wildman–Crippen LogP) is 3.35. The van der Waals surface area contributed by atoms with E-state index in [0.29, 0.717) is 11.6 Å². The normalized spacial score (nSPS) is 11.1. The number of rotatable bonds is 3. The largest absolute Gasteiger partial charge is 0.302 e. The molecule has 22 heavy (non-hydrogen) atoms. The van der Waals surface area contributed by atoms with Crippen molar-refractivity contribution >= 4 is 43.5 Å². The van der Waals surface area contributed by atoms with E-state index < -0.39 is 0 Å². The molecule has 0 saturated heterocycles. The summed E-state index contributed by atoms with van der Waals surface area (Å²) in [5.41, 5.74) is 2.78. The third-order valence-corrected chi connectivity index (χ3v) is 4.36. The van der Waals surface area contributed by atoms with Crippen LogP contribution in [0, 0.1) is 0 Å². The van der Waals surface area contributed by atoms with Gasteiger partial charge in [-0.25, -0.2) is 4.98 Å². The summed E-state index contributed by atoms with van der Waals surface area (Å²) in [5.74, 6) is -0.0714. The van der Waals surface area contributed by atoms with Gasteiger partial charge in [-0.05, 0) is 23.8 Å². The van der Waals surface area contributed by atoms with Gasteiger partial charge >= 0.3 is 0 Å². The van der Waals surface area contributed by atoms with Gasteiger partial charge in [-0.3, -0.25) is 9.89 Å². The molecular weight excluding hydrogens is 296 g/mol. The van der Waals surface area contributed by atoms with Gasteiger partial charge in [-0.2, -0.15) is 5.10 Å². The van der Waals surface area contributed by atoms with Gasteiger partial charge in [0, 0.05) is 5.39 Å². The first kappa shape index (κ1) is 13.0. The van der Waals surface area contributed by atoms with Gasteiger partial charge in [0.15, 0.2) is 5.13 Å². The summed E-state index contributed by atoms with van der Waals surface area (Å²) >= 11 is 1.48. The number of H-pyrrole nitrogens is 1. The topological polar surface area (TPSA) is 70.7 Å². The molecule has 0 unspecified atom stereocenters. The molecule has 5 nitrogen and oxygen atoms in total. The number of para-hydroxylation sites is 1. The molecule has 0 aliphatic rings. The molecule has 4 aromatic rings. The molecule has 1 amide bonds. The summed E-state index contributed by atoms with van der Waals surface area (Å²) < 4.78 is 1.07. The van der Waals surface area contributed by atoms with Gasteiger partial charge in [0.25, 0.3) is 0 Å². The number of amides is 1. The molecule has 0 spiro atoms. The SMILES string of the molecule is O=C(Cc1ccc2cn[nH]c2c1)Nc1nc2ccccc2s1. The lowest BCUT2D eigenvalue weighted by Crippen LogP contribution is -2.14. The highest BCUT2D eigenvalue weighted by Gasteiger charge is 2.09. The number of benzene rings is 2. The average Bonchev–Trinajstić information content (AvgIpc) is 3.11. The number of carbonyl (C=O) groups excluding carboxylic acids is 1. The second-order valence-corrected chi connectivity index (χ2v) is 6.03. The molecule has 0 atom stereocenters. The van der Waals surface area contributed by atoms with Crippen LogP contribution in [-0.2, 0) is 11.2 Å². The maximum absolute atomic E-state index is 12.2. The first-order valence-electron chi connectivity index (χ1n) is 6.85. The molecule has 2 heterocycles. The van der Waals surface area contributed by atoms with E-state index >= 15 is 0 Å². The first-order chi connectivity index (χ1) is 10.8. The monoisotopic (exact) mass is 308 g/mol. The summed E-state index contributed by atoms with van der Waals surface area (Å²) in [5, 5.41) is 11.4. The Balaban J connectivity index is 1.51. The Morgan fingerprint density at radius 3 is 3.05 bits per heavy atom. The van der Waals surface area contributed by atoms with Crippen LogP contribution in [-0.4, -0.2) is 21.1 Å². The standard InChI is InChI=1S/C16H12N4OS/c21-15(8-10-5-6-11-9-17-20-13(11)7-10)19-16-18-12-3-1-2-4-14(12)22-16/h1-7,9H,8H2,(H,17,20)(H,18,19,21). The Labute approximate surface area is 130 Å². The Hall–Kier alpha value is -2.73. The minimum absolute atomic E-state index is 0.0714. The number of nitrogens with zero attached hydrogens (tertiary/aromatic N) is 2. The van der Waals surface area contributed by atoms with Crippen LogP contribution >= 0.6 is 11.3 Å². The highest BCUT2D eigenvalue weighted by atomic mass is 32.1. The highest BCUT2D eigenvalue weighted by molar-refractivity contribution is 7.22. The van der Waals surface area contributed by atoms with E-state index in [1.54, 1.807) is 6.20 Å². The molecule has 108 valence electrons. The number of thiazole rings is 1. The summed E-state index contributed by atoms with van der Waals surface area (Å²) in [6.07, 6.45) is 2.07. The third kappa shape index (κ3) is 2.44. The quantitative estimate of drug-likeness (QED) is 0.609. The van der Waals surface area contributed by atoms with Crippen LogP contribution in [0.2, 0.25) is 0 Å². The van der Waals surface area contributed by atoms with E-state index in [4.69, 9.17) is 0 Å². The van der Waals surface area contributed by atoms with Crippen molar-refractivity contribution in [2.45, 2.75) is 6.42 Å². The molecule has 0 radical (unpaired) electrons. The van der Waals surface area contributed by atoms with Crippen LogP contribution in [0.15, 0.2) is 48.7 Å². The van der Waals surface area contributed by atoms with Crippen LogP contribution in [0.25, 0.3) is 21.1 Å². The fraction of sp³-hybridized carbons (Fsp3) is 0.0625. The van der Waals surface area contributed by atoms with Gasteiger partial charge in [-0.15, -0.1) is 0 Å². The number of aromatic nitrogens is 3. The van der Waals surface area contributed by atoms with E-state index in [0.717, 1.165) is 26.7 Å². The Bertz CT molecular complexity index is 933. The maximum Gasteiger partial charge on any atom is 0.230 e. The zero-order valence-electron chi connectivity index (χ0n) is 11.5. The molecule has 4 rings (SSSR count). The van der Waals surface area contributed by atoms with Crippen molar-refractivity contribution in [1.82, 2.24) is 15.2 Å². The Morgan fingerprint density at radius 1 is 1.23 bits per heavy atom. The minimum atomic E-state index is -0.0714. The molecule has 0 fully saturated rings. The molecule has 2 aromatic carbocycles. The van der Waals surface area contributed by atoms with E-state index in [-0.39, 0.29) is 5.91 Å². The van der Waals surface area contributed by atoms with Gasteiger partial charge in [0.2, 0.25) is 5.91 Å². The van der Waals surface area contributed by atoms with Crippen molar-refractivity contribution in [3.05, 3.63) is 54.2 Å². The fourth-order valence-corrected chi connectivity index (χ4v) is 3.25. The summed E-state index contributed by atoms with van der Waals surface area (Å²) in [6.45, 7) is 0. The van der Waals surface area contributed by atoms with Gasteiger partial charge in [0.1, 0.15) is 0 Å². The Morgan fingerprint density at radius 2 is 2.14 bits per heavy atom. The number of anilines is 1. The molecular formula is C16H12N4OS. The number of carbonyl (C=O) groups is 1. The van der Waals surface area contributed by atoms with Gasteiger partial charge in [-0.1, -0.05) is 35.6 Å². The third-order valence-electron chi connectivity index (χ3n) is 3.41. The summed E-state index contributed by atoms with van der Waals surface area (Å²) in [4.78, 5) is 16.6. The van der Waals surface area contributed by atoms with E-state index in [9.17, 15) is 4.79 Å². The van der Waals surface area contributed by atoms with Gasteiger partial charge in [0.05, 0.1) is 28.4 Å². The second kappa shape index (κ2) is 5.23. The number of hydrogen-bond donors (Lipinski definition) is 2. The average molecular weight is 308 g/mol. The molecule has 6 heteroatoms. The zero-order valence-corrected chi connectivity index (χ0v) is 12.4. The number of aromatic amines is 1. The highest BCUT2D eigenvalue weighted by Crippen LogP contribution is 2.25. The van der Waals surface area contributed by atoms with Crippen molar-refractivity contribution in [3.8, 4) is 0 Å². The van der Waals surface area contributed by atoms with E-state index in [1.807, 2.05) is 42.5 Å². The zero-order chi connectivity index (χ0) is 14.9. The Kier molecular flexibility index (Phi) is 3.08. The summed E-state index contributed by atoms with van der Waals surface area (Å²) in [6, 6.07) is 13.7. The molecule has 2 aromatic heterocycles. The minimum Gasteiger partial charge on any atom is -0.302 e. The van der Waals surface area contributed by atoms with Gasteiger partial charge < -0.3 is 5.32 Å². The molecule has 2 N–H and O–H groups in total. The van der Waals surface area contributed by atoms with E-state index in [2.05, 4.69) is 20.5 Å². The van der Waals surface area contributed by atoms with Crippen molar-refractivity contribution in [1.29, 1.82) is 0 Å². The van der Waals surface area contributed by atoms with Crippen molar-refractivity contribution in [2.24, 2.45) is 0 Å². The van der Waals surface area contributed by atoms with Crippen LogP contribution in [0.1, 0.15) is 5.56 Å². The van der Waals surface area contributed by atoms with Crippen molar-refractivity contribution < 1.29 is 4.79 Å². The number of nitrogens with one attached hydrogen (secondary N) is 2. The van der Waals surface area contributed by atoms with Crippen LogP contribution in [0.5, 0.6) is 0 Å². The lowest BCUT2D eigenvalue weighted by Gasteiger charge is -2.02. The molecule has 0 saturated carbocycles. The second-order valence-electron chi connectivity index (χ2n) is 5.00. The lowest BCUT2D eigenvalue weighted by molar-refractivity contribution is -0.115. The van der Waals surface area contributed by atoms with E-state index in [1.165, 1.54) is 11.3 Å². The fourth-order valence-electron chi connectivity index (χ4n) is 2.37. The first-order valence-corrected chi connectivity index (χ1v) is 7.67. The predicted molar refractivity (Wildman–Crippen MR) is 88.0 cm³/mol. The molecule has 0 bridgehead atoms. The van der Waals surface area contributed by atoms with Crippen molar-refractivity contribution in [2.75, 3.05) is 5.32 Å². The maximum atomic E-state index is 12.2. The number of fused-ring (bicyclic) bond motifs is 2.